The molecule has 0 aromatic heterocycles. The molecule has 6 unspecified atom stereocenters. The molecule has 12 nitrogen and oxygen atoms in total. The van der Waals surface area contributed by atoms with E-state index >= 15 is 0 Å². The first-order chi connectivity index (χ1) is 35.1. The number of unbranched alkanes of at least 4 members (excludes halogenated alkanes) is 22. The van der Waals surface area contributed by atoms with Crippen LogP contribution in [0, 0.1) is 0 Å². The minimum absolute atomic E-state index is 0.0245. The first-order valence-corrected chi connectivity index (χ1v) is 29.7. The summed E-state index contributed by atoms with van der Waals surface area (Å²) < 4.78 is 59.4. The number of carbonyl (C=O) groups is 1. The molecule has 1 saturated heterocycles. The first-order valence-electron chi connectivity index (χ1n) is 28.3. The van der Waals surface area contributed by atoms with Crippen molar-refractivity contribution >= 4 is 16.4 Å². The van der Waals surface area contributed by atoms with Gasteiger partial charge in [-0.2, -0.15) is 8.42 Å². The van der Waals surface area contributed by atoms with Crippen molar-refractivity contribution in [1.29, 1.82) is 0 Å². The molecule has 1 aliphatic heterocycles. The first kappa shape index (κ1) is 67.3. The summed E-state index contributed by atoms with van der Waals surface area (Å²) in [5.41, 5.74) is 0. The average Bonchev–Trinajstić information content (AvgIpc) is 3.36. The van der Waals surface area contributed by atoms with Gasteiger partial charge in [0.15, 0.2) is 6.29 Å². The summed E-state index contributed by atoms with van der Waals surface area (Å²) in [6.07, 6.45) is 57.5. The Balaban J connectivity index is 2.33. The summed E-state index contributed by atoms with van der Waals surface area (Å²) in [5, 5.41) is 30.8. The van der Waals surface area contributed by atoms with Crippen LogP contribution in [0.2, 0.25) is 0 Å². The Labute approximate surface area is 438 Å². The number of aliphatic hydroxyl groups excluding tert-OH is 3. The van der Waals surface area contributed by atoms with Gasteiger partial charge in [0.05, 0.1) is 19.8 Å². The molecule has 0 bridgehead atoms. The number of hydrogen-bond acceptors (Lipinski definition) is 11. The lowest BCUT2D eigenvalue weighted by Crippen LogP contribution is -2.60. The minimum atomic E-state index is -5.07. The molecule has 13 heteroatoms. The average molecular weight is 1040 g/mol. The van der Waals surface area contributed by atoms with E-state index in [2.05, 4.69) is 103 Å². The smallest absolute Gasteiger partial charge is 0.397 e. The number of hydrogen-bond donors (Lipinski definition) is 4. The van der Waals surface area contributed by atoms with Crippen molar-refractivity contribution in [1.82, 2.24) is 0 Å². The van der Waals surface area contributed by atoms with Crippen LogP contribution in [-0.2, 0) is 38.3 Å². The predicted molar refractivity (Wildman–Crippen MR) is 294 cm³/mol. The van der Waals surface area contributed by atoms with Gasteiger partial charge in [0.1, 0.15) is 30.5 Å². The molecular weight excluding hydrogens is 933 g/mol. The number of carbonyl (C=O) groups excluding carboxylic acids is 1. The van der Waals surface area contributed by atoms with Gasteiger partial charge in [-0.15, -0.1) is 0 Å². The van der Waals surface area contributed by atoms with E-state index in [1.165, 1.54) is 103 Å². The van der Waals surface area contributed by atoms with E-state index in [-0.39, 0.29) is 19.6 Å². The molecule has 0 saturated carbocycles. The molecule has 416 valence electrons. The van der Waals surface area contributed by atoms with Gasteiger partial charge in [0.25, 0.3) is 0 Å². The third kappa shape index (κ3) is 41.6. The third-order valence-corrected chi connectivity index (χ3v) is 13.0. The Morgan fingerprint density at radius 1 is 0.542 bits per heavy atom. The minimum Gasteiger partial charge on any atom is -0.457 e. The van der Waals surface area contributed by atoms with Crippen LogP contribution < -0.4 is 0 Å². The Hall–Kier alpha value is -2.72. The maximum absolute atomic E-state index is 13.0. The van der Waals surface area contributed by atoms with Gasteiger partial charge in [0, 0.05) is 13.0 Å². The SMILES string of the molecule is CC/C=C\C/C=C\C/C=C\C/C=C\CCCCCCCCCCC(=O)OC(COCCCCCCCCCCC/C=C\C/C=C\C/C=C\CCCCCCC)COC1OC(CO)C(O)C(OS(=O)(=O)O)C1O. The van der Waals surface area contributed by atoms with E-state index in [4.69, 9.17) is 18.9 Å². The second-order valence-electron chi connectivity index (χ2n) is 19.1. The fourth-order valence-corrected chi connectivity index (χ4v) is 8.77. The molecule has 6 atom stereocenters. The quantitative estimate of drug-likeness (QED) is 0.0196. The molecular formula is C59H102O12S. The number of esters is 1. The Morgan fingerprint density at radius 3 is 1.40 bits per heavy atom. The van der Waals surface area contributed by atoms with Gasteiger partial charge in [-0.05, 0) is 89.9 Å². The normalized spacial score (nSPS) is 19.6. The van der Waals surface area contributed by atoms with Crippen LogP contribution in [0.5, 0.6) is 0 Å². The van der Waals surface area contributed by atoms with E-state index in [1.807, 2.05) is 0 Å². The second kappa shape index (κ2) is 49.2. The molecule has 0 amide bonds. The van der Waals surface area contributed by atoms with E-state index in [0.29, 0.717) is 13.0 Å². The van der Waals surface area contributed by atoms with Gasteiger partial charge < -0.3 is 34.3 Å². The highest BCUT2D eigenvalue weighted by Crippen LogP contribution is 2.26. The van der Waals surface area contributed by atoms with Crippen molar-refractivity contribution in [3.8, 4) is 0 Å². The lowest BCUT2D eigenvalue weighted by atomic mass is 9.99. The van der Waals surface area contributed by atoms with Crippen molar-refractivity contribution < 1.29 is 56.2 Å². The summed E-state index contributed by atoms with van der Waals surface area (Å²) in [7, 11) is -5.07. The molecule has 1 heterocycles. The molecule has 0 radical (unpaired) electrons. The van der Waals surface area contributed by atoms with Gasteiger partial charge in [-0.3, -0.25) is 9.35 Å². The summed E-state index contributed by atoms with van der Waals surface area (Å²) in [4.78, 5) is 13.0. The number of ether oxygens (including phenoxy) is 4. The monoisotopic (exact) mass is 1030 g/mol. The van der Waals surface area contributed by atoms with Gasteiger partial charge >= 0.3 is 16.4 Å². The zero-order valence-electron chi connectivity index (χ0n) is 45.0. The standard InChI is InChI=1S/C59H102O12S/c1-3-5-7-9-11-13-15-17-19-21-23-25-26-27-29-31-33-35-37-39-41-43-45-47-49-67-51-53(52-68-59-57(63)58(71-72(64,65)66)56(62)54(50-60)70-59)69-55(61)48-46-44-42-40-38-36-34-32-30-28-24-22-20-18-16-14-12-10-8-6-4-2/h6,8,12,14-15,17-18,20-21,23-24,26-28,53-54,56-60,62-63H,3-5,7,9-11,13,16,19,22,25,29-52H2,1-2H3,(H,64,65,66)/b8-6-,14-12-,17-15-,20-18-,23-21-,27-26-,28-24-. The topological polar surface area (TPSA) is 178 Å². The summed E-state index contributed by atoms with van der Waals surface area (Å²) in [5.74, 6) is -0.411. The molecule has 0 spiro atoms. The number of aliphatic hydroxyl groups is 3. The molecule has 0 aliphatic carbocycles. The van der Waals surface area contributed by atoms with Crippen LogP contribution in [0.3, 0.4) is 0 Å². The molecule has 4 N–H and O–H groups in total. The zero-order chi connectivity index (χ0) is 52.4. The number of allylic oxidation sites excluding steroid dienone is 14. The zero-order valence-corrected chi connectivity index (χ0v) is 45.8. The molecule has 72 heavy (non-hydrogen) atoms. The van der Waals surface area contributed by atoms with Crippen molar-refractivity contribution in [2.45, 2.75) is 256 Å². The van der Waals surface area contributed by atoms with E-state index in [9.17, 15) is 33.1 Å². The highest BCUT2D eigenvalue weighted by Gasteiger charge is 2.48. The van der Waals surface area contributed by atoms with Crippen molar-refractivity contribution in [3.63, 3.8) is 0 Å². The molecule has 0 aromatic rings. The maximum atomic E-state index is 13.0. The van der Waals surface area contributed by atoms with Crippen LogP contribution in [0.15, 0.2) is 85.1 Å². The molecule has 0 aromatic carbocycles. The molecule has 1 fully saturated rings. The van der Waals surface area contributed by atoms with Gasteiger partial charge in [-0.25, -0.2) is 4.18 Å². The van der Waals surface area contributed by atoms with Gasteiger partial charge in [-0.1, -0.05) is 208 Å². The Bertz CT molecular complexity index is 1570. The highest BCUT2D eigenvalue weighted by atomic mass is 32.3. The van der Waals surface area contributed by atoms with E-state index < -0.39 is 59.8 Å². The third-order valence-electron chi connectivity index (χ3n) is 12.5. The number of rotatable bonds is 49. The molecule has 1 rings (SSSR count). The highest BCUT2D eigenvalue weighted by molar-refractivity contribution is 7.80. The van der Waals surface area contributed by atoms with Crippen LogP contribution >= 0.6 is 0 Å². The van der Waals surface area contributed by atoms with E-state index in [1.54, 1.807) is 0 Å². The van der Waals surface area contributed by atoms with Crippen LogP contribution in [0.25, 0.3) is 0 Å². The van der Waals surface area contributed by atoms with Crippen molar-refractivity contribution in [2.24, 2.45) is 0 Å². The lowest BCUT2D eigenvalue weighted by molar-refractivity contribution is -0.301. The summed E-state index contributed by atoms with van der Waals surface area (Å²) >= 11 is 0. The Kier molecular flexibility index (Phi) is 46.0. The fraction of sp³-hybridized carbons (Fsp3) is 0.746. The Morgan fingerprint density at radius 2 is 0.958 bits per heavy atom. The fourth-order valence-electron chi connectivity index (χ4n) is 8.26. The van der Waals surface area contributed by atoms with Crippen molar-refractivity contribution in [2.75, 3.05) is 26.4 Å². The second-order valence-corrected chi connectivity index (χ2v) is 20.2. The summed E-state index contributed by atoms with van der Waals surface area (Å²) in [6, 6.07) is 0. The van der Waals surface area contributed by atoms with Gasteiger partial charge in [0.2, 0.25) is 0 Å². The maximum Gasteiger partial charge on any atom is 0.397 e. The van der Waals surface area contributed by atoms with Crippen molar-refractivity contribution in [3.05, 3.63) is 85.1 Å². The van der Waals surface area contributed by atoms with Crippen LogP contribution in [-0.4, -0.2) is 97.5 Å². The molecule has 1 aliphatic rings. The van der Waals surface area contributed by atoms with Crippen LogP contribution in [0.1, 0.15) is 219 Å². The lowest BCUT2D eigenvalue weighted by Gasteiger charge is -2.41. The predicted octanol–water partition coefficient (Wildman–Crippen LogP) is 14.0. The summed E-state index contributed by atoms with van der Waals surface area (Å²) in [6.45, 7) is 3.86. The van der Waals surface area contributed by atoms with Crippen LogP contribution in [0.4, 0.5) is 0 Å². The van der Waals surface area contributed by atoms with E-state index in [0.717, 1.165) is 89.9 Å². The largest absolute Gasteiger partial charge is 0.457 e.